The molecule has 4 rings (SSSR count). The lowest BCUT2D eigenvalue weighted by atomic mass is 10.0. The van der Waals surface area contributed by atoms with Crippen LogP contribution in [0.15, 0.2) is 57.3 Å². The van der Waals surface area contributed by atoms with Crippen LogP contribution in [0.25, 0.3) is 0 Å². The Morgan fingerprint density at radius 3 is 2.57 bits per heavy atom. The lowest BCUT2D eigenvalue weighted by molar-refractivity contribution is -0.130. The molecule has 30 heavy (non-hydrogen) atoms. The van der Waals surface area contributed by atoms with Crippen molar-refractivity contribution in [2.45, 2.75) is 17.6 Å². The fourth-order valence-electron chi connectivity index (χ4n) is 3.05. The lowest BCUT2D eigenvalue weighted by Gasteiger charge is -2.19. The smallest absolute Gasteiger partial charge is 0.253 e. The molecular formula is C19H19N7O3S. The normalized spacial score (nSPS) is 15.8. The molecule has 10 nitrogen and oxygen atoms in total. The van der Waals surface area contributed by atoms with Crippen LogP contribution >= 0.6 is 11.8 Å². The van der Waals surface area contributed by atoms with Crippen molar-refractivity contribution < 1.29 is 13.9 Å². The molecule has 0 aliphatic carbocycles. The number of nitrogens with two attached hydrogens (primary N) is 2. The number of aromatic nitrogens is 3. The number of rotatable bonds is 6. The van der Waals surface area contributed by atoms with Crippen LogP contribution in [0.5, 0.6) is 5.75 Å². The zero-order valence-corrected chi connectivity index (χ0v) is 16.9. The van der Waals surface area contributed by atoms with E-state index < -0.39 is 0 Å². The molecule has 4 N–H and O–H groups in total. The number of anilines is 2. The van der Waals surface area contributed by atoms with E-state index in [0.29, 0.717) is 12.2 Å². The van der Waals surface area contributed by atoms with Gasteiger partial charge in [0.05, 0.1) is 24.8 Å². The summed E-state index contributed by atoms with van der Waals surface area (Å²) in [7, 11) is 1.61. The third-order valence-corrected chi connectivity index (χ3v) is 5.27. The van der Waals surface area contributed by atoms with E-state index in [1.807, 2.05) is 30.3 Å². The average Bonchev–Trinajstić information content (AvgIpc) is 3.41. The predicted molar refractivity (Wildman–Crippen MR) is 112 cm³/mol. The molecule has 3 aromatic rings. The van der Waals surface area contributed by atoms with E-state index in [1.54, 1.807) is 19.4 Å². The van der Waals surface area contributed by atoms with Crippen molar-refractivity contribution in [3.8, 4) is 5.75 Å². The van der Waals surface area contributed by atoms with Crippen molar-refractivity contribution in [1.29, 1.82) is 0 Å². The van der Waals surface area contributed by atoms with Crippen molar-refractivity contribution in [3.05, 3.63) is 54.0 Å². The van der Waals surface area contributed by atoms with E-state index in [1.165, 1.54) is 5.01 Å². The van der Waals surface area contributed by atoms with Crippen LogP contribution in [0.1, 0.15) is 23.8 Å². The number of carbonyl (C=O) groups excluding carboxylic acids is 1. The number of carbonyl (C=O) groups is 1. The Labute approximate surface area is 176 Å². The number of thioether (sulfide) groups is 1. The highest BCUT2D eigenvalue weighted by Crippen LogP contribution is 2.34. The van der Waals surface area contributed by atoms with Crippen molar-refractivity contribution in [3.63, 3.8) is 0 Å². The molecule has 0 fully saturated rings. The summed E-state index contributed by atoms with van der Waals surface area (Å²) < 4.78 is 10.8. The number of furan rings is 1. The number of amides is 1. The second kappa shape index (κ2) is 8.41. The van der Waals surface area contributed by atoms with E-state index in [9.17, 15) is 4.79 Å². The minimum atomic E-state index is -0.335. The Kier molecular flexibility index (Phi) is 5.53. The van der Waals surface area contributed by atoms with Gasteiger partial charge < -0.3 is 20.6 Å². The molecule has 1 aliphatic heterocycles. The van der Waals surface area contributed by atoms with E-state index in [-0.39, 0.29) is 34.8 Å². The van der Waals surface area contributed by atoms with Crippen LogP contribution in [0.2, 0.25) is 0 Å². The highest BCUT2D eigenvalue weighted by atomic mass is 32.2. The minimum Gasteiger partial charge on any atom is -0.497 e. The maximum Gasteiger partial charge on any atom is 0.253 e. The Hall–Kier alpha value is -3.60. The molecule has 0 radical (unpaired) electrons. The van der Waals surface area contributed by atoms with Gasteiger partial charge in [0.1, 0.15) is 17.6 Å². The zero-order chi connectivity index (χ0) is 21.1. The lowest BCUT2D eigenvalue weighted by Crippen LogP contribution is -2.28. The van der Waals surface area contributed by atoms with Crippen molar-refractivity contribution in [2.75, 3.05) is 24.3 Å². The molecular weight excluding hydrogens is 406 g/mol. The molecule has 1 atom stereocenters. The number of benzene rings is 1. The summed E-state index contributed by atoms with van der Waals surface area (Å²) in [6, 6.07) is 10.8. The Morgan fingerprint density at radius 2 is 1.93 bits per heavy atom. The second-order valence-corrected chi connectivity index (χ2v) is 7.31. The summed E-state index contributed by atoms with van der Waals surface area (Å²) in [5, 5.41) is 6.31. The Bertz CT molecular complexity index is 1050. The average molecular weight is 425 g/mol. The molecule has 0 spiro atoms. The van der Waals surface area contributed by atoms with Gasteiger partial charge in [0.25, 0.3) is 5.91 Å². The van der Waals surface area contributed by atoms with Gasteiger partial charge in [-0.15, -0.1) is 0 Å². The first-order valence-corrected chi connectivity index (χ1v) is 9.99. The van der Waals surface area contributed by atoms with E-state index in [2.05, 4.69) is 20.1 Å². The molecule has 0 unspecified atom stereocenters. The molecule has 1 aromatic carbocycles. The van der Waals surface area contributed by atoms with Gasteiger partial charge in [0, 0.05) is 6.42 Å². The van der Waals surface area contributed by atoms with Crippen molar-refractivity contribution in [2.24, 2.45) is 5.10 Å². The summed E-state index contributed by atoms with van der Waals surface area (Å²) in [6.45, 7) is 0. The highest BCUT2D eigenvalue weighted by molar-refractivity contribution is 7.99. The molecule has 1 amide bonds. The van der Waals surface area contributed by atoms with Gasteiger partial charge in [0.2, 0.25) is 11.9 Å². The fraction of sp³-hybridized carbons (Fsp3) is 0.211. The van der Waals surface area contributed by atoms with Crippen molar-refractivity contribution in [1.82, 2.24) is 20.0 Å². The fourth-order valence-corrected chi connectivity index (χ4v) is 3.75. The number of hydrogen-bond donors (Lipinski definition) is 2. The molecule has 0 saturated heterocycles. The first-order chi connectivity index (χ1) is 14.5. The number of hydrazone groups is 1. The van der Waals surface area contributed by atoms with Gasteiger partial charge in [-0.1, -0.05) is 11.8 Å². The molecule has 154 valence electrons. The molecule has 1 aliphatic rings. The molecule has 11 heteroatoms. The van der Waals surface area contributed by atoms with Crippen LogP contribution in [0, 0.1) is 0 Å². The zero-order valence-electron chi connectivity index (χ0n) is 16.1. The maximum atomic E-state index is 13.0. The first kappa shape index (κ1) is 19.7. The summed E-state index contributed by atoms with van der Waals surface area (Å²) in [5.41, 5.74) is 12.9. The number of ether oxygens (including phenoxy) is 1. The molecule has 2 aromatic heterocycles. The summed E-state index contributed by atoms with van der Waals surface area (Å²) in [4.78, 5) is 24.7. The van der Waals surface area contributed by atoms with Gasteiger partial charge in [-0.05, 0) is 42.0 Å². The highest BCUT2D eigenvalue weighted by Gasteiger charge is 2.34. The molecule has 0 saturated carbocycles. The second-order valence-electron chi connectivity index (χ2n) is 6.37. The Morgan fingerprint density at radius 1 is 1.20 bits per heavy atom. The third kappa shape index (κ3) is 4.20. The SMILES string of the molecule is COc1ccc(C2=NN(C(=O)CSc3nc(N)nc(N)n3)[C@H](c3ccco3)C2)cc1. The van der Waals surface area contributed by atoms with Gasteiger partial charge in [-0.2, -0.15) is 20.1 Å². The van der Waals surface area contributed by atoms with Gasteiger partial charge in [0.15, 0.2) is 5.16 Å². The molecule has 0 bridgehead atoms. The van der Waals surface area contributed by atoms with Crippen molar-refractivity contribution >= 4 is 35.3 Å². The topological polar surface area (TPSA) is 146 Å². The first-order valence-electron chi connectivity index (χ1n) is 9.00. The number of methoxy groups -OCH3 is 1. The van der Waals surface area contributed by atoms with Crippen LogP contribution in [-0.2, 0) is 4.79 Å². The van der Waals surface area contributed by atoms with Gasteiger partial charge >= 0.3 is 0 Å². The Balaban J connectivity index is 1.55. The largest absolute Gasteiger partial charge is 0.497 e. The standard InChI is InChI=1S/C19H19N7O3S/c1-28-12-6-4-11(5-7-12)13-9-14(15-3-2-8-29-15)26(25-13)16(27)10-30-19-23-17(20)22-18(21)24-19/h2-8,14H,9-10H2,1H3,(H4,20,21,22,23,24)/t14-/m0/s1. The monoisotopic (exact) mass is 425 g/mol. The van der Waals surface area contributed by atoms with Crippen LogP contribution in [0.4, 0.5) is 11.9 Å². The van der Waals surface area contributed by atoms with Crippen LogP contribution in [0.3, 0.4) is 0 Å². The summed E-state index contributed by atoms with van der Waals surface area (Å²) >= 11 is 1.12. The predicted octanol–water partition coefficient (Wildman–Crippen LogP) is 2.11. The van der Waals surface area contributed by atoms with Crippen LogP contribution in [-0.4, -0.2) is 44.4 Å². The maximum absolute atomic E-state index is 13.0. The summed E-state index contributed by atoms with van der Waals surface area (Å²) in [6.07, 6.45) is 2.11. The van der Waals surface area contributed by atoms with E-state index >= 15 is 0 Å². The van der Waals surface area contributed by atoms with E-state index in [4.69, 9.17) is 20.6 Å². The number of hydrogen-bond acceptors (Lipinski definition) is 10. The van der Waals surface area contributed by atoms with Crippen LogP contribution < -0.4 is 16.2 Å². The quantitative estimate of drug-likeness (QED) is 0.567. The third-order valence-electron chi connectivity index (χ3n) is 4.43. The number of nitrogen functional groups attached to an aromatic ring is 2. The minimum absolute atomic E-state index is 0.00639. The number of nitrogens with zero attached hydrogens (tertiary/aromatic N) is 5. The van der Waals surface area contributed by atoms with Gasteiger partial charge in [-0.25, -0.2) is 5.01 Å². The van der Waals surface area contributed by atoms with Gasteiger partial charge in [-0.3, -0.25) is 4.79 Å². The van der Waals surface area contributed by atoms with E-state index in [0.717, 1.165) is 28.8 Å². The summed E-state index contributed by atoms with van der Waals surface area (Å²) in [5.74, 6) is 1.26. The molecule has 3 heterocycles.